The highest BCUT2D eigenvalue weighted by Gasteiger charge is 2.27. The number of aryl methyl sites for hydroxylation is 1. The van der Waals surface area contributed by atoms with Crippen LogP contribution in [-0.4, -0.2) is 62.4 Å². The average molecular weight is 453 g/mol. The summed E-state index contributed by atoms with van der Waals surface area (Å²) in [6, 6.07) is 0. The zero-order valence-corrected chi connectivity index (χ0v) is 19.2. The van der Waals surface area contributed by atoms with E-state index in [0.717, 1.165) is 44.1 Å². The monoisotopic (exact) mass is 452 g/mol. The van der Waals surface area contributed by atoms with E-state index < -0.39 is 5.82 Å². The van der Waals surface area contributed by atoms with Crippen LogP contribution in [0.1, 0.15) is 36.7 Å². The van der Waals surface area contributed by atoms with Crippen molar-refractivity contribution in [2.24, 2.45) is 7.05 Å². The van der Waals surface area contributed by atoms with Crippen molar-refractivity contribution >= 4 is 23.4 Å². The molecule has 33 heavy (non-hydrogen) atoms. The lowest BCUT2D eigenvalue weighted by Gasteiger charge is -2.29. The molecule has 0 aliphatic carbocycles. The van der Waals surface area contributed by atoms with Crippen molar-refractivity contribution in [3.63, 3.8) is 0 Å². The molecule has 1 fully saturated rings. The molecule has 0 bridgehead atoms. The average Bonchev–Trinajstić information content (AvgIpc) is 3.16. The van der Waals surface area contributed by atoms with Gasteiger partial charge < -0.3 is 20.4 Å². The molecule has 3 aromatic rings. The fraction of sp³-hybridized carbons (Fsp3) is 0.500. The Hall–Kier alpha value is -3.34. The summed E-state index contributed by atoms with van der Waals surface area (Å²) in [5.74, 6) is 1.81. The highest BCUT2D eigenvalue weighted by molar-refractivity contribution is 5.53. The van der Waals surface area contributed by atoms with Gasteiger partial charge in [-0.15, -0.1) is 0 Å². The summed E-state index contributed by atoms with van der Waals surface area (Å²) in [4.78, 5) is 21.7. The zero-order chi connectivity index (χ0) is 22.9. The van der Waals surface area contributed by atoms with E-state index in [-0.39, 0.29) is 11.8 Å². The van der Waals surface area contributed by atoms with Gasteiger partial charge in [-0.3, -0.25) is 4.68 Å². The van der Waals surface area contributed by atoms with Gasteiger partial charge >= 0.3 is 0 Å². The lowest BCUT2D eigenvalue weighted by atomic mass is 9.99. The Balaban J connectivity index is 1.34. The maximum absolute atomic E-state index is 14.7. The second kappa shape index (κ2) is 8.89. The Morgan fingerprint density at radius 1 is 1.03 bits per heavy atom. The molecule has 1 saturated heterocycles. The third kappa shape index (κ3) is 4.32. The standard InChI is InChI=1S/C22H29FN10/c1-14(2)20-15-13-33(7-4-17(15)30-31(20)3)21-16(23)10-27-22(29-21)28-18-11-26-19(12-25-18)32-8-5-24-6-9-32/h10-12,14,24H,4-9,13H2,1-3H3,(H,25,27,28,29). The minimum Gasteiger partial charge on any atom is -0.353 e. The van der Waals surface area contributed by atoms with E-state index in [9.17, 15) is 4.39 Å². The molecule has 0 unspecified atom stereocenters. The number of nitrogens with one attached hydrogen (secondary N) is 2. The molecule has 10 nitrogen and oxygen atoms in total. The molecule has 0 saturated carbocycles. The molecule has 0 amide bonds. The zero-order valence-electron chi connectivity index (χ0n) is 19.2. The Kier molecular flexibility index (Phi) is 5.79. The van der Waals surface area contributed by atoms with Gasteiger partial charge in [0.25, 0.3) is 0 Å². The third-order valence-electron chi connectivity index (χ3n) is 6.14. The third-order valence-corrected chi connectivity index (χ3v) is 6.14. The molecule has 0 spiro atoms. The number of halogens is 1. The Bertz CT molecular complexity index is 1120. The summed E-state index contributed by atoms with van der Waals surface area (Å²) in [5.41, 5.74) is 3.44. The second-order valence-electron chi connectivity index (χ2n) is 8.75. The van der Waals surface area contributed by atoms with Gasteiger partial charge in [-0.25, -0.2) is 19.3 Å². The van der Waals surface area contributed by atoms with Crippen molar-refractivity contribution in [3.8, 4) is 0 Å². The first-order chi connectivity index (χ1) is 16.0. The first kappa shape index (κ1) is 21.5. The highest BCUT2D eigenvalue weighted by atomic mass is 19.1. The molecular weight excluding hydrogens is 423 g/mol. The number of hydrogen-bond donors (Lipinski definition) is 2. The van der Waals surface area contributed by atoms with Gasteiger partial charge in [-0.2, -0.15) is 10.1 Å². The van der Waals surface area contributed by atoms with E-state index in [4.69, 9.17) is 0 Å². The van der Waals surface area contributed by atoms with Crippen LogP contribution in [0.3, 0.4) is 0 Å². The highest BCUT2D eigenvalue weighted by Crippen LogP contribution is 2.30. The smallest absolute Gasteiger partial charge is 0.230 e. The molecule has 2 aliphatic heterocycles. The van der Waals surface area contributed by atoms with Gasteiger partial charge in [0, 0.05) is 64.0 Å². The van der Waals surface area contributed by atoms with Gasteiger partial charge in [0.15, 0.2) is 17.5 Å². The van der Waals surface area contributed by atoms with E-state index in [1.807, 2.05) is 16.6 Å². The Labute approximate surface area is 192 Å². The van der Waals surface area contributed by atoms with Crippen molar-refractivity contribution in [2.75, 3.05) is 47.8 Å². The van der Waals surface area contributed by atoms with Gasteiger partial charge in [-0.05, 0) is 5.92 Å². The predicted molar refractivity (Wildman–Crippen MR) is 124 cm³/mol. The van der Waals surface area contributed by atoms with Crippen LogP contribution < -0.4 is 20.4 Å². The fourth-order valence-corrected chi connectivity index (χ4v) is 4.62. The summed E-state index contributed by atoms with van der Waals surface area (Å²) in [6.45, 7) is 9.19. The van der Waals surface area contributed by atoms with Gasteiger partial charge in [0.1, 0.15) is 5.82 Å². The largest absolute Gasteiger partial charge is 0.353 e. The number of anilines is 4. The van der Waals surface area contributed by atoms with Gasteiger partial charge in [0.05, 0.1) is 24.3 Å². The van der Waals surface area contributed by atoms with E-state index >= 15 is 0 Å². The molecule has 0 radical (unpaired) electrons. The predicted octanol–water partition coefficient (Wildman–Crippen LogP) is 1.98. The van der Waals surface area contributed by atoms with Crippen molar-refractivity contribution < 1.29 is 4.39 Å². The van der Waals surface area contributed by atoms with Crippen LogP contribution in [0.15, 0.2) is 18.6 Å². The van der Waals surface area contributed by atoms with Gasteiger partial charge in [-0.1, -0.05) is 13.8 Å². The first-order valence-corrected chi connectivity index (χ1v) is 11.4. The number of rotatable bonds is 5. The minimum absolute atomic E-state index is 0.280. The maximum atomic E-state index is 14.7. The molecule has 2 aliphatic rings. The number of aromatic nitrogens is 6. The molecule has 5 heterocycles. The van der Waals surface area contributed by atoms with Crippen LogP contribution in [-0.2, 0) is 20.0 Å². The van der Waals surface area contributed by atoms with Crippen LogP contribution >= 0.6 is 0 Å². The number of nitrogens with zero attached hydrogens (tertiary/aromatic N) is 8. The summed E-state index contributed by atoms with van der Waals surface area (Å²) in [5, 5.41) is 11.0. The molecule has 174 valence electrons. The van der Waals surface area contributed by atoms with Crippen molar-refractivity contribution in [2.45, 2.75) is 32.7 Å². The number of piperazine rings is 1. The minimum atomic E-state index is -0.445. The maximum Gasteiger partial charge on any atom is 0.230 e. The number of hydrogen-bond acceptors (Lipinski definition) is 9. The van der Waals surface area contributed by atoms with Gasteiger partial charge in [0.2, 0.25) is 5.95 Å². The lowest BCUT2D eigenvalue weighted by Crippen LogP contribution is -2.43. The van der Waals surface area contributed by atoms with Crippen LogP contribution in [0.4, 0.5) is 27.8 Å². The van der Waals surface area contributed by atoms with E-state index in [1.54, 1.807) is 12.4 Å². The summed E-state index contributed by atoms with van der Waals surface area (Å²) < 4.78 is 16.7. The van der Waals surface area contributed by atoms with Crippen LogP contribution in [0.25, 0.3) is 0 Å². The van der Waals surface area contributed by atoms with Crippen LogP contribution in [0, 0.1) is 5.82 Å². The van der Waals surface area contributed by atoms with Crippen LogP contribution in [0.2, 0.25) is 0 Å². The molecule has 0 atom stereocenters. The molecule has 2 N–H and O–H groups in total. The quantitative estimate of drug-likeness (QED) is 0.602. The molecular formula is C22H29FN10. The summed E-state index contributed by atoms with van der Waals surface area (Å²) in [6.07, 6.45) is 5.35. The Morgan fingerprint density at radius 2 is 1.85 bits per heavy atom. The molecule has 11 heteroatoms. The normalized spacial score (nSPS) is 16.3. The number of fused-ring (bicyclic) bond motifs is 1. The summed E-state index contributed by atoms with van der Waals surface area (Å²) in [7, 11) is 1.97. The van der Waals surface area contributed by atoms with Crippen molar-refractivity contribution in [3.05, 3.63) is 41.4 Å². The lowest BCUT2D eigenvalue weighted by molar-refractivity contribution is 0.584. The van der Waals surface area contributed by atoms with Crippen molar-refractivity contribution in [1.29, 1.82) is 0 Å². The molecule has 5 rings (SSSR count). The van der Waals surface area contributed by atoms with E-state index in [0.29, 0.717) is 24.8 Å². The van der Waals surface area contributed by atoms with E-state index in [2.05, 4.69) is 54.4 Å². The van der Waals surface area contributed by atoms with Crippen molar-refractivity contribution in [1.82, 2.24) is 35.0 Å². The summed E-state index contributed by atoms with van der Waals surface area (Å²) >= 11 is 0. The second-order valence-corrected chi connectivity index (χ2v) is 8.75. The van der Waals surface area contributed by atoms with E-state index in [1.165, 1.54) is 17.5 Å². The van der Waals surface area contributed by atoms with Crippen LogP contribution in [0.5, 0.6) is 0 Å². The first-order valence-electron chi connectivity index (χ1n) is 11.4. The molecule has 3 aromatic heterocycles. The topological polar surface area (TPSA) is 99.9 Å². The Morgan fingerprint density at radius 3 is 2.58 bits per heavy atom. The molecule has 0 aromatic carbocycles. The SMILES string of the molecule is CC(C)c1c2c(nn1C)CCN(c1nc(Nc3cnc(N4CCNCC4)cn3)ncc1F)C2. The fourth-order valence-electron chi connectivity index (χ4n) is 4.62.